The Labute approximate surface area is 91.6 Å². The molecule has 0 amide bonds. The van der Waals surface area contributed by atoms with E-state index in [1.54, 1.807) is 0 Å². The summed E-state index contributed by atoms with van der Waals surface area (Å²) in [6.45, 7) is 2.20. The average Bonchev–Trinajstić information content (AvgIpc) is 2.20. The Morgan fingerprint density at radius 1 is 1.21 bits per heavy atom. The molecule has 0 aliphatic heterocycles. The van der Waals surface area contributed by atoms with Crippen LogP contribution in [0.1, 0.15) is 38.2 Å². The number of benzene rings is 1. The Balaban J connectivity index is 2.43. The maximum atomic E-state index is 6.11. The number of halogens is 1. The predicted octanol–water partition coefficient (Wildman–Crippen LogP) is 4.85. The topological polar surface area (TPSA) is 0 Å². The van der Waals surface area contributed by atoms with E-state index in [9.17, 15) is 0 Å². The summed E-state index contributed by atoms with van der Waals surface area (Å²) in [6, 6.07) is 10.2. The van der Waals surface area contributed by atoms with Crippen LogP contribution in [0.3, 0.4) is 0 Å². The van der Waals surface area contributed by atoms with E-state index in [4.69, 9.17) is 11.6 Å². The zero-order valence-corrected chi connectivity index (χ0v) is 9.43. The van der Waals surface area contributed by atoms with Gasteiger partial charge in [0.05, 0.1) is 0 Å². The lowest BCUT2D eigenvalue weighted by molar-refractivity contribution is 0.726. The molecule has 0 aliphatic rings. The first-order valence-corrected chi connectivity index (χ1v) is 5.62. The molecule has 0 unspecified atom stereocenters. The van der Waals surface area contributed by atoms with E-state index in [1.165, 1.54) is 24.8 Å². The summed E-state index contributed by atoms with van der Waals surface area (Å²) in [4.78, 5) is 0. The SMILES string of the molecule is CCCCCC(Cl)=Cc1ccccc1. The van der Waals surface area contributed by atoms with Gasteiger partial charge >= 0.3 is 0 Å². The summed E-state index contributed by atoms with van der Waals surface area (Å²) < 4.78 is 0. The van der Waals surface area contributed by atoms with Crippen molar-refractivity contribution in [3.05, 3.63) is 40.9 Å². The number of hydrogen-bond acceptors (Lipinski definition) is 0. The first-order valence-electron chi connectivity index (χ1n) is 5.24. The molecule has 0 N–H and O–H groups in total. The molecule has 0 aromatic heterocycles. The van der Waals surface area contributed by atoms with Crippen molar-refractivity contribution in [2.24, 2.45) is 0 Å². The fraction of sp³-hybridized carbons (Fsp3) is 0.385. The highest BCUT2D eigenvalue weighted by Gasteiger charge is 1.93. The van der Waals surface area contributed by atoms with Gasteiger partial charge in [-0.1, -0.05) is 61.7 Å². The molecule has 1 heteroatoms. The van der Waals surface area contributed by atoms with Crippen LogP contribution in [-0.2, 0) is 0 Å². The molecule has 0 saturated heterocycles. The lowest BCUT2D eigenvalue weighted by Crippen LogP contribution is -1.77. The first kappa shape index (κ1) is 11.3. The molecule has 1 aromatic carbocycles. The molecule has 0 spiro atoms. The van der Waals surface area contributed by atoms with Gasteiger partial charge in [-0.15, -0.1) is 0 Å². The van der Waals surface area contributed by atoms with Crippen LogP contribution < -0.4 is 0 Å². The van der Waals surface area contributed by atoms with E-state index in [0.29, 0.717) is 0 Å². The quantitative estimate of drug-likeness (QED) is 0.607. The van der Waals surface area contributed by atoms with E-state index in [-0.39, 0.29) is 0 Å². The van der Waals surface area contributed by atoms with Gasteiger partial charge in [-0.2, -0.15) is 0 Å². The minimum Gasteiger partial charge on any atom is -0.0891 e. The lowest BCUT2D eigenvalue weighted by atomic mass is 10.1. The molecule has 1 rings (SSSR count). The number of allylic oxidation sites excluding steroid dienone is 1. The lowest BCUT2D eigenvalue weighted by Gasteiger charge is -1.98. The van der Waals surface area contributed by atoms with E-state index in [0.717, 1.165) is 11.5 Å². The molecule has 0 aliphatic carbocycles. The molecule has 0 bridgehead atoms. The molecular formula is C13H17Cl. The van der Waals surface area contributed by atoms with Gasteiger partial charge in [0.2, 0.25) is 0 Å². The van der Waals surface area contributed by atoms with Gasteiger partial charge < -0.3 is 0 Å². The van der Waals surface area contributed by atoms with Gasteiger partial charge in [-0.25, -0.2) is 0 Å². The Hall–Kier alpha value is -0.750. The van der Waals surface area contributed by atoms with E-state index < -0.39 is 0 Å². The Bertz CT molecular complexity index is 275. The smallest absolute Gasteiger partial charge is 0.0186 e. The zero-order chi connectivity index (χ0) is 10.2. The largest absolute Gasteiger partial charge is 0.0891 e. The fourth-order valence-electron chi connectivity index (χ4n) is 1.35. The van der Waals surface area contributed by atoms with Gasteiger partial charge in [0.1, 0.15) is 0 Å². The third-order valence-electron chi connectivity index (χ3n) is 2.14. The molecular weight excluding hydrogens is 192 g/mol. The fourth-order valence-corrected chi connectivity index (χ4v) is 1.61. The van der Waals surface area contributed by atoms with Crippen molar-refractivity contribution in [1.82, 2.24) is 0 Å². The van der Waals surface area contributed by atoms with Crippen molar-refractivity contribution in [2.45, 2.75) is 32.6 Å². The van der Waals surface area contributed by atoms with Crippen LogP contribution in [0.15, 0.2) is 35.4 Å². The number of rotatable bonds is 5. The molecule has 1 aromatic rings. The van der Waals surface area contributed by atoms with E-state index >= 15 is 0 Å². The molecule has 0 radical (unpaired) electrons. The van der Waals surface area contributed by atoms with E-state index in [2.05, 4.69) is 25.1 Å². The van der Waals surface area contributed by atoms with Crippen LogP contribution in [-0.4, -0.2) is 0 Å². The molecule has 14 heavy (non-hydrogen) atoms. The van der Waals surface area contributed by atoms with Crippen molar-refractivity contribution in [3.8, 4) is 0 Å². The Kier molecular flexibility index (Phi) is 5.39. The predicted molar refractivity (Wildman–Crippen MR) is 64.4 cm³/mol. The summed E-state index contributed by atoms with van der Waals surface area (Å²) in [5, 5.41) is 0.963. The van der Waals surface area contributed by atoms with Crippen molar-refractivity contribution in [2.75, 3.05) is 0 Å². The third-order valence-corrected chi connectivity index (χ3v) is 2.44. The Morgan fingerprint density at radius 2 is 1.93 bits per heavy atom. The third kappa shape index (κ3) is 4.48. The molecule has 0 nitrogen and oxygen atoms in total. The minimum atomic E-state index is 0.963. The van der Waals surface area contributed by atoms with Gasteiger partial charge in [0, 0.05) is 5.03 Å². The second kappa shape index (κ2) is 6.67. The van der Waals surface area contributed by atoms with Gasteiger partial charge in [0.25, 0.3) is 0 Å². The summed E-state index contributed by atoms with van der Waals surface area (Å²) in [7, 11) is 0. The molecule has 0 saturated carbocycles. The highest BCUT2D eigenvalue weighted by molar-refractivity contribution is 6.31. The van der Waals surface area contributed by atoms with Crippen molar-refractivity contribution < 1.29 is 0 Å². The number of unbranched alkanes of at least 4 members (excludes halogenated alkanes) is 2. The molecule has 0 heterocycles. The highest BCUT2D eigenvalue weighted by Crippen LogP contribution is 2.16. The van der Waals surface area contributed by atoms with Crippen LogP contribution in [0.5, 0.6) is 0 Å². The highest BCUT2D eigenvalue weighted by atomic mass is 35.5. The van der Waals surface area contributed by atoms with Crippen LogP contribution in [0.4, 0.5) is 0 Å². The van der Waals surface area contributed by atoms with Crippen molar-refractivity contribution in [1.29, 1.82) is 0 Å². The summed E-state index contributed by atoms with van der Waals surface area (Å²) in [6.07, 6.45) is 6.76. The monoisotopic (exact) mass is 208 g/mol. The summed E-state index contributed by atoms with van der Waals surface area (Å²) >= 11 is 6.11. The summed E-state index contributed by atoms with van der Waals surface area (Å²) in [5.74, 6) is 0. The maximum absolute atomic E-state index is 6.11. The minimum absolute atomic E-state index is 0.963. The van der Waals surface area contributed by atoms with E-state index in [1.807, 2.05) is 18.2 Å². The van der Waals surface area contributed by atoms with Gasteiger partial charge in [-0.05, 0) is 24.5 Å². The molecule has 0 fully saturated rings. The zero-order valence-electron chi connectivity index (χ0n) is 8.67. The second-order valence-electron chi connectivity index (χ2n) is 3.46. The maximum Gasteiger partial charge on any atom is 0.0186 e. The summed E-state index contributed by atoms with van der Waals surface area (Å²) in [5.41, 5.74) is 1.19. The second-order valence-corrected chi connectivity index (χ2v) is 3.94. The normalized spacial score (nSPS) is 11.7. The molecule has 76 valence electrons. The van der Waals surface area contributed by atoms with Crippen LogP contribution in [0, 0.1) is 0 Å². The van der Waals surface area contributed by atoms with Crippen molar-refractivity contribution in [3.63, 3.8) is 0 Å². The van der Waals surface area contributed by atoms with Crippen molar-refractivity contribution >= 4 is 17.7 Å². The van der Waals surface area contributed by atoms with Crippen LogP contribution >= 0.6 is 11.6 Å². The van der Waals surface area contributed by atoms with Gasteiger partial charge in [-0.3, -0.25) is 0 Å². The molecule has 0 atom stereocenters. The average molecular weight is 209 g/mol. The first-order chi connectivity index (χ1) is 6.83. The van der Waals surface area contributed by atoms with Crippen LogP contribution in [0.25, 0.3) is 6.08 Å². The number of hydrogen-bond donors (Lipinski definition) is 0. The standard InChI is InChI=1S/C13H17Cl/c1-2-3-5-10-13(14)11-12-8-6-4-7-9-12/h4,6-9,11H,2-3,5,10H2,1H3. The Morgan fingerprint density at radius 3 is 2.57 bits per heavy atom. The van der Waals surface area contributed by atoms with Crippen LogP contribution in [0.2, 0.25) is 0 Å². The van der Waals surface area contributed by atoms with Gasteiger partial charge in [0.15, 0.2) is 0 Å².